The average molecular weight is 238 g/mol. The molecule has 1 aliphatic carbocycles. The minimum atomic E-state index is 0.979. The molecule has 0 aromatic carbocycles. The normalized spacial score (nSPS) is 38.0. The van der Waals surface area contributed by atoms with Crippen molar-refractivity contribution in [3.8, 4) is 0 Å². The summed E-state index contributed by atoms with van der Waals surface area (Å²) in [7, 11) is 0. The maximum absolute atomic E-state index is 2.59. The van der Waals surface area contributed by atoms with E-state index in [2.05, 4.69) is 29.5 Å². The van der Waals surface area contributed by atoms with E-state index in [9.17, 15) is 0 Å². The monoisotopic (exact) mass is 238 g/mol. The van der Waals surface area contributed by atoms with Crippen molar-refractivity contribution in [2.45, 2.75) is 43.0 Å². The molecule has 0 spiro atoms. The summed E-state index contributed by atoms with van der Waals surface area (Å²) in [5.74, 6) is 1.00. The van der Waals surface area contributed by atoms with Crippen LogP contribution in [-0.2, 0) is 0 Å². The van der Waals surface area contributed by atoms with Crippen LogP contribution in [0.25, 0.3) is 0 Å². The van der Waals surface area contributed by atoms with Crippen LogP contribution in [0.5, 0.6) is 0 Å². The number of hydrogen-bond donors (Lipinski definition) is 0. The topological polar surface area (TPSA) is 0 Å². The van der Waals surface area contributed by atoms with E-state index in [1.165, 1.54) is 32.1 Å². The predicted octanol–water partition coefficient (Wildman–Crippen LogP) is 3.39. The molecule has 2 atom stereocenters. The first-order valence-electron chi connectivity index (χ1n) is 3.93. The summed E-state index contributed by atoms with van der Waals surface area (Å²) >= 11 is 2.59. The molecule has 1 fully saturated rings. The minimum Gasteiger partial charge on any atom is -0.0826 e. The first kappa shape index (κ1) is 7.83. The quantitative estimate of drug-likeness (QED) is 0.344. The number of halogens is 1. The summed E-state index contributed by atoms with van der Waals surface area (Å²) in [5.41, 5.74) is 0. The van der Waals surface area contributed by atoms with Crippen LogP contribution in [0.2, 0.25) is 0 Å². The van der Waals surface area contributed by atoms with Crippen LogP contribution in [-0.4, -0.2) is 3.92 Å². The highest BCUT2D eigenvalue weighted by Crippen LogP contribution is 2.26. The number of rotatable bonds is 0. The molecule has 1 aliphatic rings. The summed E-state index contributed by atoms with van der Waals surface area (Å²) in [6, 6.07) is 0. The lowest BCUT2D eigenvalue weighted by Gasteiger charge is -2.04. The fourth-order valence-corrected chi connectivity index (χ4v) is 2.24. The molecule has 1 rings (SSSR count). The lowest BCUT2D eigenvalue weighted by molar-refractivity contribution is 0.505. The highest BCUT2D eigenvalue weighted by atomic mass is 127. The van der Waals surface area contributed by atoms with Gasteiger partial charge in [0.1, 0.15) is 0 Å². The van der Waals surface area contributed by atoms with Gasteiger partial charge in [-0.15, -0.1) is 0 Å². The second-order valence-electron chi connectivity index (χ2n) is 3.21. The Hall–Kier alpha value is 0.730. The second kappa shape index (κ2) is 3.79. The molecule has 0 nitrogen and oxygen atoms in total. The Balaban J connectivity index is 2.25. The van der Waals surface area contributed by atoms with Crippen molar-refractivity contribution in [2.75, 3.05) is 0 Å². The van der Waals surface area contributed by atoms with E-state index in [4.69, 9.17) is 0 Å². The molecule has 0 bridgehead atoms. The first-order valence-corrected chi connectivity index (χ1v) is 5.17. The lowest BCUT2D eigenvalue weighted by Crippen LogP contribution is -1.93. The molecule has 54 valence electrons. The van der Waals surface area contributed by atoms with Crippen molar-refractivity contribution in [3.05, 3.63) is 0 Å². The molecule has 1 saturated carbocycles. The fourth-order valence-electron chi connectivity index (χ4n) is 1.44. The maximum atomic E-state index is 2.59. The van der Waals surface area contributed by atoms with E-state index in [1.807, 2.05) is 0 Å². The zero-order chi connectivity index (χ0) is 6.69. The van der Waals surface area contributed by atoms with E-state index >= 15 is 0 Å². The van der Waals surface area contributed by atoms with Gasteiger partial charge in [-0.25, -0.2) is 0 Å². The Morgan fingerprint density at radius 2 is 1.89 bits per heavy atom. The van der Waals surface area contributed by atoms with E-state index in [0.29, 0.717) is 0 Å². The third-order valence-corrected chi connectivity index (χ3v) is 3.43. The van der Waals surface area contributed by atoms with Gasteiger partial charge in [-0.3, -0.25) is 0 Å². The van der Waals surface area contributed by atoms with E-state index in [1.54, 1.807) is 0 Å². The van der Waals surface area contributed by atoms with Crippen LogP contribution in [0.4, 0.5) is 0 Å². The molecule has 0 aliphatic heterocycles. The van der Waals surface area contributed by atoms with Crippen molar-refractivity contribution in [2.24, 2.45) is 5.92 Å². The molecule has 0 radical (unpaired) electrons. The molecule has 9 heavy (non-hydrogen) atoms. The Bertz CT molecular complexity index is 70.6. The van der Waals surface area contributed by atoms with Crippen molar-refractivity contribution in [3.63, 3.8) is 0 Å². The standard InChI is InChI=1S/C8H15I/c1-7-3-2-4-8(9)6-5-7/h7-8H,2-6H2,1H3/t7-,8-/m0/s1. The summed E-state index contributed by atoms with van der Waals surface area (Å²) in [5, 5.41) is 0. The van der Waals surface area contributed by atoms with Gasteiger partial charge in [-0.1, -0.05) is 42.4 Å². The van der Waals surface area contributed by atoms with Gasteiger partial charge < -0.3 is 0 Å². The third kappa shape index (κ3) is 2.87. The van der Waals surface area contributed by atoms with Gasteiger partial charge in [0.2, 0.25) is 0 Å². The number of hydrogen-bond acceptors (Lipinski definition) is 0. The first-order chi connectivity index (χ1) is 4.29. The van der Waals surface area contributed by atoms with Crippen LogP contribution in [0, 0.1) is 5.92 Å². The molecular weight excluding hydrogens is 223 g/mol. The Morgan fingerprint density at radius 3 is 2.67 bits per heavy atom. The fraction of sp³-hybridized carbons (Fsp3) is 1.00. The van der Waals surface area contributed by atoms with Crippen LogP contribution in [0.3, 0.4) is 0 Å². The van der Waals surface area contributed by atoms with Gasteiger partial charge in [0.25, 0.3) is 0 Å². The summed E-state index contributed by atoms with van der Waals surface area (Å²) < 4.78 is 0.979. The molecular formula is C8H15I. The molecule has 0 heterocycles. The van der Waals surface area contributed by atoms with Crippen molar-refractivity contribution in [1.29, 1.82) is 0 Å². The van der Waals surface area contributed by atoms with Crippen molar-refractivity contribution in [1.82, 2.24) is 0 Å². The Morgan fingerprint density at radius 1 is 1.11 bits per heavy atom. The molecule has 0 aromatic heterocycles. The van der Waals surface area contributed by atoms with Crippen molar-refractivity contribution < 1.29 is 0 Å². The minimum absolute atomic E-state index is 0.979. The van der Waals surface area contributed by atoms with E-state index in [-0.39, 0.29) is 0 Å². The summed E-state index contributed by atoms with van der Waals surface area (Å²) in [6.07, 6.45) is 7.33. The lowest BCUT2D eigenvalue weighted by atomic mass is 10.0. The Kier molecular flexibility index (Phi) is 3.30. The highest BCUT2D eigenvalue weighted by molar-refractivity contribution is 14.1. The molecule has 0 unspecified atom stereocenters. The SMILES string of the molecule is C[C@H]1CCC[C@H](I)CC1. The van der Waals surface area contributed by atoms with Crippen LogP contribution in [0.15, 0.2) is 0 Å². The van der Waals surface area contributed by atoms with Crippen LogP contribution < -0.4 is 0 Å². The van der Waals surface area contributed by atoms with Gasteiger partial charge in [0.15, 0.2) is 0 Å². The average Bonchev–Trinajstić information content (AvgIpc) is 1.97. The zero-order valence-corrected chi connectivity index (χ0v) is 8.23. The van der Waals surface area contributed by atoms with E-state index < -0.39 is 0 Å². The van der Waals surface area contributed by atoms with Crippen LogP contribution >= 0.6 is 22.6 Å². The van der Waals surface area contributed by atoms with Gasteiger partial charge in [0.05, 0.1) is 0 Å². The van der Waals surface area contributed by atoms with Crippen LogP contribution in [0.1, 0.15) is 39.0 Å². The largest absolute Gasteiger partial charge is 0.0826 e. The summed E-state index contributed by atoms with van der Waals surface area (Å²) in [4.78, 5) is 0. The van der Waals surface area contributed by atoms with Crippen molar-refractivity contribution >= 4 is 22.6 Å². The molecule has 0 amide bonds. The third-order valence-electron chi connectivity index (χ3n) is 2.19. The maximum Gasteiger partial charge on any atom is 0.0110 e. The zero-order valence-electron chi connectivity index (χ0n) is 6.07. The molecule has 0 aromatic rings. The van der Waals surface area contributed by atoms with E-state index in [0.717, 1.165) is 9.84 Å². The summed E-state index contributed by atoms with van der Waals surface area (Å²) in [6.45, 7) is 2.38. The smallest absolute Gasteiger partial charge is 0.0110 e. The number of alkyl halides is 1. The molecule has 0 saturated heterocycles. The molecule has 0 N–H and O–H groups in total. The van der Waals surface area contributed by atoms with Gasteiger partial charge in [-0.05, 0) is 25.2 Å². The van der Waals surface area contributed by atoms with Gasteiger partial charge in [0, 0.05) is 3.92 Å². The predicted molar refractivity (Wildman–Crippen MR) is 50.1 cm³/mol. The van der Waals surface area contributed by atoms with Gasteiger partial charge in [-0.2, -0.15) is 0 Å². The Labute approximate surface area is 71.5 Å². The molecule has 1 heteroatoms. The van der Waals surface area contributed by atoms with Gasteiger partial charge >= 0.3 is 0 Å². The highest BCUT2D eigenvalue weighted by Gasteiger charge is 2.12. The second-order valence-corrected chi connectivity index (χ2v) is 4.97.